The van der Waals surface area contributed by atoms with Crippen molar-refractivity contribution in [3.05, 3.63) is 47.3 Å². The van der Waals surface area contributed by atoms with Crippen molar-refractivity contribution in [2.75, 3.05) is 11.1 Å². The predicted molar refractivity (Wildman–Crippen MR) is 102 cm³/mol. The maximum atomic E-state index is 12.1. The Hall–Kier alpha value is -2.12. The smallest absolute Gasteiger partial charge is 0.277 e. The number of thioether (sulfide) groups is 1. The number of benzene rings is 1. The van der Waals surface area contributed by atoms with E-state index in [1.54, 1.807) is 0 Å². The van der Waals surface area contributed by atoms with Gasteiger partial charge in [-0.15, -0.1) is 21.5 Å². The Kier molecular flexibility index (Phi) is 5.88. The number of carbonyl (C=O) groups is 1. The van der Waals surface area contributed by atoms with Crippen LogP contribution in [0.15, 0.2) is 51.4 Å². The fourth-order valence-electron chi connectivity index (χ4n) is 2.22. The Morgan fingerprint density at radius 2 is 2.08 bits per heavy atom. The van der Waals surface area contributed by atoms with Gasteiger partial charge in [-0.05, 0) is 41.5 Å². The van der Waals surface area contributed by atoms with Crippen molar-refractivity contribution in [3.63, 3.8) is 0 Å². The van der Waals surface area contributed by atoms with Gasteiger partial charge in [-0.25, -0.2) is 0 Å². The van der Waals surface area contributed by atoms with E-state index in [2.05, 4.69) is 41.5 Å². The number of rotatable bonds is 7. The van der Waals surface area contributed by atoms with Crippen LogP contribution in [0.1, 0.15) is 31.7 Å². The molecular weight excluding hydrogens is 354 g/mol. The van der Waals surface area contributed by atoms with Crippen LogP contribution in [0.5, 0.6) is 0 Å². The standard InChI is InChI=1S/C18H19N3O2S2/c1-3-12(2)13-6-8-14(9-7-13)19-16(22)11-25-18-21-20-17(23-18)15-5-4-10-24-15/h4-10,12H,3,11H2,1-2H3,(H,19,22). The highest BCUT2D eigenvalue weighted by atomic mass is 32.2. The Bertz CT molecular complexity index is 813. The summed E-state index contributed by atoms with van der Waals surface area (Å²) in [5.74, 6) is 1.13. The number of hydrogen-bond acceptors (Lipinski definition) is 6. The maximum absolute atomic E-state index is 12.1. The first-order valence-corrected chi connectivity index (χ1v) is 9.92. The van der Waals surface area contributed by atoms with E-state index in [1.165, 1.54) is 28.7 Å². The molecule has 1 aromatic carbocycles. The first-order chi connectivity index (χ1) is 12.2. The van der Waals surface area contributed by atoms with Gasteiger partial charge in [0.1, 0.15) is 0 Å². The van der Waals surface area contributed by atoms with Crippen molar-refractivity contribution < 1.29 is 9.21 Å². The first kappa shape index (κ1) is 17.7. The van der Waals surface area contributed by atoms with E-state index in [9.17, 15) is 4.79 Å². The zero-order valence-electron chi connectivity index (χ0n) is 14.1. The SMILES string of the molecule is CCC(C)c1ccc(NC(=O)CSc2nnc(-c3cccs3)o2)cc1. The molecule has 3 aromatic rings. The number of thiophene rings is 1. The number of carbonyl (C=O) groups excluding carboxylic acids is 1. The zero-order chi connectivity index (χ0) is 17.6. The third kappa shape index (κ3) is 4.70. The molecule has 5 nitrogen and oxygen atoms in total. The van der Waals surface area contributed by atoms with Crippen LogP contribution < -0.4 is 5.32 Å². The Morgan fingerprint density at radius 1 is 1.28 bits per heavy atom. The highest BCUT2D eigenvalue weighted by Crippen LogP contribution is 2.26. The molecular formula is C18H19N3O2S2. The summed E-state index contributed by atoms with van der Waals surface area (Å²) < 4.78 is 5.55. The average Bonchev–Trinajstić information content (AvgIpc) is 3.31. The van der Waals surface area contributed by atoms with Gasteiger partial charge in [-0.2, -0.15) is 0 Å². The summed E-state index contributed by atoms with van der Waals surface area (Å²) in [6.07, 6.45) is 1.10. The third-order valence-corrected chi connectivity index (χ3v) is 5.52. The van der Waals surface area contributed by atoms with Crippen LogP contribution in [0.25, 0.3) is 10.8 Å². The van der Waals surface area contributed by atoms with E-state index >= 15 is 0 Å². The van der Waals surface area contributed by atoms with Crippen molar-refractivity contribution in [1.29, 1.82) is 0 Å². The molecule has 25 heavy (non-hydrogen) atoms. The molecule has 0 spiro atoms. The number of nitrogens with zero attached hydrogens (tertiary/aromatic N) is 2. The Labute approximate surface area is 154 Å². The van der Waals surface area contributed by atoms with Gasteiger partial charge in [-0.1, -0.05) is 43.8 Å². The van der Waals surface area contributed by atoms with Gasteiger partial charge < -0.3 is 9.73 Å². The van der Waals surface area contributed by atoms with Crippen LogP contribution in [-0.2, 0) is 4.79 Å². The molecule has 2 aromatic heterocycles. The molecule has 3 rings (SSSR count). The van der Waals surface area contributed by atoms with Gasteiger partial charge in [0, 0.05) is 5.69 Å². The van der Waals surface area contributed by atoms with E-state index in [1.807, 2.05) is 29.6 Å². The molecule has 130 valence electrons. The second kappa shape index (κ2) is 8.31. The van der Waals surface area contributed by atoms with Gasteiger partial charge in [0.05, 0.1) is 10.6 Å². The number of hydrogen-bond donors (Lipinski definition) is 1. The molecule has 0 radical (unpaired) electrons. The van der Waals surface area contributed by atoms with Gasteiger partial charge in [0.25, 0.3) is 11.1 Å². The van der Waals surface area contributed by atoms with E-state index in [0.717, 1.165) is 17.0 Å². The van der Waals surface area contributed by atoms with Gasteiger partial charge >= 0.3 is 0 Å². The second-order valence-corrected chi connectivity index (χ2v) is 7.49. The first-order valence-electron chi connectivity index (χ1n) is 8.05. The predicted octanol–water partition coefficient (Wildman–Crippen LogP) is 5.04. The van der Waals surface area contributed by atoms with Crippen molar-refractivity contribution in [3.8, 4) is 10.8 Å². The van der Waals surface area contributed by atoms with Crippen LogP contribution in [0.2, 0.25) is 0 Å². The normalized spacial score (nSPS) is 12.1. The molecule has 1 atom stereocenters. The summed E-state index contributed by atoms with van der Waals surface area (Å²) in [7, 11) is 0. The van der Waals surface area contributed by atoms with E-state index in [-0.39, 0.29) is 11.7 Å². The van der Waals surface area contributed by atoms with E-state index < -0.39 is 0 Å². The molecule has 2 heterocycles. The number of anilines is 1. The lowest BCUT2D eigenvalue weighted by Gasteiger charge is -2.10. The number of aromatic nitrogens is 2. The molecule has 7 heteroatoms. The summed E-state index contributed by atoms with van der Waals surface area (Å²) in [6.45, 7) is 4.36. The number of amides is 1. The number of nitrogens with one attached hydrogen (secondary N) is 1. The summed E-state index contributed by atoms with van der Waals surface area (Å²) in [5.41, 5.74) is 2.07. The highest BCUT2D eigenvalue weighted by Gasteiger charge is 2.12. The lowest BCUT2D eigenvalue weighted by atomic mass is 9.99. The second-order valence-electron chi connectivity index (χ2n) is 5.62. The Morgan fingerprint density at radius 3 is 2.76 bits per heavy atom. The molecule has 0 aliphatic heterocycles. The lowest BCUT2D eigenvalue weighted by Crippen LogP contribution is -2.14. The minimum Gasteiger partial charge on any atom is -0.410 e. The minimum absolute atomic E-state index is 0.0998. The molecule has 0 bridgehead atoms. The summed E-state index contributed by atoms with van der Waals surface area (Å²) in [5, 5.41) is 13.2. The highest BCUT2D eigenvalue weighted by molar-refractivity contribution is 7.99. The van der Waals surface area contributed by atoms with Gasteiger partial charge in [0.2, 0.25) is 5.91 Å². The zero-order valence-corrected chi connectivity index (χ0v) is 15.7. The van der Waals surface area contributed by atoms with Crippen LogP contribution in [-0.4, -0.2) is 21.9 Å². The third-order valence-electron chi connectivity index (χ3n) is 3.84. The van der Waals surface area contributed by atoms with Crippen molar-refractivity contribution in [2.45, 2.75) is 31.4 Å². The van der Waals surface area contributed by atoms with Crippen molar-refractivity contribution in [1.82, 2.24) is 10.2 Å². The lowest BCUT2D eigenvalue weighted by molar-refractivity contribution is -0.113. The van der Waals surface area contributed by atoms with E-state index in [0.29, 0.717) is 17.0 Å². The van der Waals surface area contributed by atoms with Crippen LogP contribution >= 0.6 is 23.1 Å². The molecule has 0 aliphatic rings. The quantitative estimate of drug-likeness (QED) is 0.588. The molecule has 1 amide bonds. The minimum atomic E-state index is -0.0998. The summed E-state index contributed by atoms with van der Waals surface area (Å²) >= 11 is 2.77. The van der Waals surface area contributed by atoms with Gasteiger partial charge in [-0.3, -0.25) is 4.79 Å². The van der Waals surface area contributed by atoms with Crippen molar-refractivity contribution in [2.24, 2.45) is 0 Å². The van der Waals surface area contributed by atoms with Crippen LogP contribution in [0.3, 0.4) is 0 Å². The molecule has 0 aliphatic carbocycles. The fourth-order valence-corrected chi connectivity index (χ4v) is 3.43. The topological polar surface area (TPSA) is 68.0 Å². The average molecular weight is 374 g/mol. The molecule has 1 N–H and O–H groups in total. The maximum Gasteiger partial charge on any atom is 0.277 e. The monoisotopic (exact) mass is 373 g/mol. The largest absolute Gasteiger partial charge is 0.410 e. The molecule has 0 saturated carbocycles. The fraction of sp³-hybridized carbons (Fsp3) is 0.278. The summed E-state index contributed by atoms with van der Waals surface area (Å²) in [4.78, 5) is 13.0. The van der Waals surface area contributed by atoms with Crippen LogP contribution in [0.4, 0.5) is 5.69 Å². The van der Waals surface area contributed by atoms with Crippen LogP contribution in [0, 0.1) is 0 Å². The molecule has 0 fully saturated rings. The van der Waals surface area contributed by atoms with Gasteiger partial charge in [0.15, 0.2) is 0 Å². The van der Waals surface area contributed by atoms with Crippen molar-refractivity contribution >= 4 is 34.7 Å². The molecule has 1 unspecified atom stereocenters. The Balaban J connectivity index is 1.51. The van der Waals surface area contributed by atoms with E-state index in [4.69, 9.17) is 4.42 Å². The summed E-state index contributed by atoms with van der Waals surface area (Å²) in [6, 6.07) is 11.8. The molecule has 0 saturated heterocycles.